The quantitative estimate of drug-likeness (QED) is 0.697. The summed E-state index contributed by atoms with van der Waals surface area (Å²) in [5.41, 5.74) is 0. The van der Waals surface area contributed by atoms with Crippen LogP contribution in [0.5, 0.6) is 0 Å². The molecule has 16 heavy (non-hydrogen) atoms. The van der Waals surface area contributed by atoms with Crippen molar-refractivity contribution in [2.75, 3.05) is 18.8 Å². The van der Waals surface area contributed by atoms with Crippen molar-refractivity contribution in [2.45, 2.75) is 31.4 Å². The Bertz CT molecular complexity index is 382. The van der Waals surface area contributed by atoms with Crippen molar-refractivity contribution in [2.24, 2.45) is 0 Å². The monoisotopic (exact) mass is 245 g/mol. The molecule has 0 bridgehead atoms. The lowest BCUT2D eigenvalue weighted by molar-refractivity contribution is -0.126. The highest BCUT2D eigenvalue weighted by molar-refractivity contribution is 7.92. The van der Waals surface area contributed by atoms with Gasteiger partial charge in [0, 0.05) is 13.1 Å². The highest BCUT2D eigenvalue weighted by Crippen LogP contribution is 2.31. The maximum Gasteiger partial charge on any atom is 0.246 e. The summed E-state index contributed by atoms with van der Waals surface area (Å²) in [6.45, 7) is 7.74. The molecule has 0 N–H and O–H groups in total. The summed E-state index contributed by atoms with van der Waals surface area (Å²) >= 11 is 0. The molecule has 1 fully saturated rings. The zero-order valence-corrected chi connectivity index (χ0v) is 10.7. The van der Waals surface area contributed by atoms with Crippen molar-refractivity contribution in [3.8, 4) is 0 Å². The maximum atomic E-state index is 12.1. The summed E-state index contributed by atoms with van der Waals surface area (Å²) < 4.78 is 23.4. The van der Waals surface area contributed by atoms with Crippen LogP contribution in [0.25, 0.3) is 0 Å². The molecule has 1 heterocycles. The van der Waals surface area contributed by atoms with E-state index in [2.05, 4.69) is 6.58 Å². The van der Waals surface area contributed by atoms with Gasteiger partial charge in [-0.2, -0.15) is 0 Å². The van der Waals surface area contributed by atoms with Crippen LogP contribution in [0, 0.1) is 0 Å². The maximum absolute atomic E-state index is 12.1. The third kappa shape index (κ3) is 2.00. The van der Waals surface area contributed by atoms with Crippen molar-refractivity contribution < 1.29 is 13.2 Å². The molecule has 92 valence electrons. The lowest BCUT2D eigenvalue weighted by Crippen LogP contribution is -2.56. The van der Waals surface area contributed by atoms with Gasteiger partial charge in [0.2, 0.25) is 5.91 Å². The third-order valence-electron chi connectivity index (χ3n) is 3.54. The lowest BCUT2D eigenvalue weighted by atomic mass is 10.0. The van der Waals surface area contributed by atoms with Gasteiger partial charge in [-0.3, -0.25) is 4.79 Å². The minimum absolute atomic E-state index is 0.0637. The number of hydrogen-bond donors (Lipinski definition) is 0. The molecule has 0 unspecified atom stereocenters. The SMILES string of the molecule is C=CC(=O)N1CCS(=O)(=O)C(CC)(CC)C1. The number of hydrogen-bond acceptors (Lipinski definition) is 3. The number of nitrogens with zero attached hydrogens (tertiary/aromatic N) is 1. The molecular weight excluding hydrogens is 226 g/mol. The summed E-state index contributed by atoms with van der Waals surface area (Å²) in [5.74, 6) is -0.116. The molecule has 0 radical (unpaired) electrons. The van der Waals surface area contributed by atoms with Gasteiger partial charge >= 0.3 is 0 Å². The van der Waals surface area contributed by atoms with Gasteiger partial charge < -0.3 is 4.90 Å². The van der Waals surface area contributed by atoms with Crippen LogP contribution in [-0.4, -0.2) is 42.8 Å². The number of amides is 1. The van der Waals surface area contributed by atoms with Crippen molar-refractivity contribution in [1.29, 1.82) is 0 Å². The zero-order chi connectivity index (χ0) is 12.4. The van der Waals surface area contributed by atoms with Gasteiger partial charge in [0.25, 0.3) is 0 Å². The van der Waals surface area contributed by atoms with E-state index in [1.165, 1.54) is 6.08 Å². The first-order valence-corrected chi connectivity index (χ1v) is 7.21. The topological polar surface area (TPSA) is 54.5 Å². The van der Waals surface area contributed by atoms with Crippen LogP contribution in [0.4, 0.5) is 0 Å². The first-order chi connectivity index (χ1) is 7.42. The van der Waals surface area contributed by atoms with Crippen LogP contribution in [0.2, 0.25) is 0 Å². The second kappa shape index (κ2) is 4.57. The molecule has 0 aromatic heterocycles. The molecule has 1 saturated heterocycles. The highest BCUT2D eigenvalue weighted by atomic mass is 32.2. The van der Waals surface area contributed by atoms with Crippen molar-refractivity contribution in [3.63, 3.8) is 0 Å². The summed E-state index contributed by atoms with van der Waals surface area (Å²) in [6, 6.07) is 0. The Hall–Kier alpha value is -0.840. The third-order valence-corrected chi connectivity index (χ3v) is 6.29. The van der Waals surface area contributed by atoms with E-state index < -0.39 is 14.6 Å². The Labute approximate surface area is 97.2 Å². The molecule has 5 heteroatoms. The average molecular weight is 245 g/mol. The van der Waals surface area contributed by atoms with E-state index in [1.54, 1.807) is 4.90 Å². The van der Waals surface area contributed by atoms with E-state index in [-0.39, 0.29) is 18.2 Å². The fourth-order valence-electron chi connectivity index (χ4n) is 2.20. The molecule has 1 aliphatic rings. The number of carbonyl (C=O) groups is 1. The molecule has 4 nitrogen and oxygen atoms in total. The zero-order valence-electron chi connectivity index (χ0n) is 9.90. The molecule has 1 amide bonds. The Morgan fingerprint density at radius 2 is 2.00 bits per heavy atom. The fraction of sp³-hybridized carbons (Fsp3) is 0.727. The predicted molar refractivity (Wildman–Crippen MR) is 63.9 cm³/mol. The standard InChI is InChI=1S/C11H19NO3S/c1-4-10(13)12-7-8-16(14,15)11(5-2,6-3)9-12/h4H,1,5-9H2,2-3H3. The molecule has 0 aromatic carbocycles. The van der Waals surface area contributed by atoms with Gasteiger partial charge in [-0.15, -0.1) is 0 Å². The Balaban J connectivity index is 3.03. The molecule has 0 aromatic rings. The van der Waals surface area contributed by atoms with E-state index >= 15 is 0 Å². The van der Waals surface area contributed by atoms with E-state index in [1.807, 2.05) is 13.8 Å². The highest BCUT2D eigenvalue weighted by Gasteiger charge is 2.45. The minimum Gasteiger partial charge on any atom is -0.337 e. The molecule has 1 rings (SSSR count). The number of sulfone groups is 1. The van der Waals surface area contributed by atoms with Crippen LogP contribution in [-0.2, 0) is 14.6 Å². The van der Waals surface area contributed by atoms with Crippen LogP contribution in [0.3, 0.4) is 0 Å². The molecular formula is C11H19NO3S. The first-order valence-electron chi connectivity index (χ1n) is 5.56. The normalized spacial score (nSPS) is 22.8. The van der Waals surface area contributed by atoms with Crippen molar-refractivity contribution in [3.05, 3.63) is 12.7 Å². The van der Waals surface area contributed by atoms with E-state index in [0.717, 1.165) is 0 Å². The second-order valence-corrected chi connectivity index (χ2v) is 6.68. The van der Waals surface area contributed by atoms with E-state index in [9.17, 15) is 13.2 Å². The van der Waals surface area contributed by atoms with E-state index in [4.69, 9.17) is 0 Å². The Morgan fingerprint density at radius 3 is 2.44 bits per heavy atom. The molecule has 0 atom stereocenters. The Kier molecular flexibility index (Phi) is 3.78. The van der Waals surface area contributed by atoms with Gasteiger partial charge in [-0.05, 0) is 18.9 Å². The van der Waals surface area contributed by atoms with Crippen molar-refractivity contribution in [1.82, 2.24) is 4.90 Å². The van der Waals surface area contributed by atoms with Crippen LogP contribution in [0.1, 0.15) is 26.7 Å². The van der Waals surface area contributed by atoms with Gasteiger partial charge in [0.1, 0.15) is 0 Å². The largest absolute Gasteiger partial charge is 0.337 e. The van der Waals surface area contributed by atoms with Gasteiger partial charge in [-0.25, -0.2) is 8.42 Å². The Morgan fingerprint density at radius 1 is 1.44 bits per heavy atom. The summed E-state index contributed by atoms with van der Waals surface area (Å²) in [4.78, 5) is 13.1. The lowest BCUT2D eigenvalue weighted by Gasteiger charge is -2.41. The first kappa shape index (κ1) is 13.2. The van der Waals surface area contributed by atoms with Crippen LogP contribution >= 0.6 is 0 Å². The predicted octanol–water partition coefficient (Wildman–Crippen LogP) is 0.988. The van der Waals surface area contributed by atoms with E-state index in [0.29, 0.717) is 19.4 Å². The van der Waals surface area contributed by atoms with Crippen molar-refractivity contribution >= 4 is 15.7 Å². The molecule has 0 spiro atoms. The summed E-state index contributed by atoms with van der Waals surface area (Å²) in [6.07, 6.45) is 2.34. The molecule has 0 saturated carbocycles. The van der Waals surface area contributed by atoms with Gasteiger partial charge in [0.05, 0.1) is 10.5 Å². The van der Waals surface area contributed by atoms with Gasteiger partial charge in [-0.1, -0.05) is 20.4 Å². The minimum atomic E-state index is -3.09. The van der Waals surface area contributed by atoms with Crippen LogP contribution in [0.15, 0.2) is 12.7 Å². The van der Waals surface area contributed by atoms with Crippen LogP contribution < -0.4 is 0 Å². The smallest absolute Gasteiger partial charge is 0.246 e. The van der Waals surface area contributed by atoms with Gasteiger partial charge in [0.15, 0.2) is 9.84 Å². The summed E-state index contributed by atoms with van der Waals surface area (Å²) in [5, 5.41) is 0. The summed E-state index contributed by atoms with van der Waals surface area (Å²) in [7, 11) is -3.09. The number of rotatable bonds is 3. The number of carbonyl (C=O) groups excluding carboxylic acids is 1. The average Bonchev–Trinajstić information content (AvgIpc) is 2.28. The molecule has 0 aliphatic carbocycles. The molecule has 1 aliphatic heterocycles. The fourth-order valence-corrected chi connectivity index (χ4v) is 4.33. The second-order valence-electron chi connectivity index (χ2n) is 4.17.